The van der Waals surface area contributed by atoms with Crippen molar-refractivity contribution in [2.75, 3.05) is 18.8 Å². The molecule has 0 atom stereocenters. The van der Waals surface area contributed by atoms with Crippen molar-refractivity contribution < 1.29 is 27.4 Å². The maximum Gasteiger partial charge on any atom is 0.410 e. The molecule has 32 heavy (non-hydrogen) atoms. The molecule has 1 amide bonds. The van der Waals surface area contributed by atoms with Crippen molar-refractivity contribution in [2.45, 2.75) is 95.2 Å². The van der Waals surface area contributed by atoms with E-state index in [2.05, 4.69) is 9.97 Å². The van der Waals surface area contributed by atoms with E-state index in [1.165, 1.54) is 12.4 Å². The lowest BCUT2D eigenvalue weighted by Crippen LogP contribution is -2.44. The standard InChI is InChI=1S/C22H35N3O6S/c1-5-32(27,28)20-15-23-19(14-24-20)30-17-8-6-16(7-9-17)29-18-10-12-25(13-11-18)21(26)31-22(2,3)4/h14-18H,5-13H2,1-4H3. The second-order valence-corrected chi connectivity index (χ2v) is 11.6. The van der Waals surface area contributed by atoms with Crippen molar-refractivity contribution in [1.82, 2.24) is 14.9 Å². The summed E-state index contributed by atoms with van der Waals surface area (Å²) in [5.41, 5.74) is -0.480. The summed E-state index contributed by atoms with van der Waals surface area (Å²) < 4.78 is 41.3. The summed E-state index contributed by atoms with van der Waals surface area (Å²) in [4.78, 5) is 22.0. The van der Waals surface area contributed by atoms with E-state index >= 15 is 0 Å². The monoisotopic (exact) mass is 469 g/mol. The largest absolute Gasteiger partial charge is 0.473 e. The summed E-state index contributed by atoms with van der Waals surface area (Å²) in [5, 5.41) is -0.0258. The molecule has 10 heteroatoms. The normalized spacial score (nSPS) is 23.1. The van der Waals surface area contributed by atoms with Gasteiger partial charge in [0, 0.05) is 13.1 Å². The minimum atomic E-state index is -3.36. The fraction of sp³-hybridized carbons (Fsp3) is 0.773. The van der Waals surface area contributed by atoms with Crippen LogP contribution in [0.1, 0.15) is 66.2 Å². The molecule has 3 rings (SSSR count). The van der Waals surface area contributed by atoms with Gasteiger partial charge in [-0.1, -0.05) is 6.92 Å². The van der Waals surface area contributed by atoms with Crippen molar-refractivity contribution in [1.29, 1.82) is 0 Å². The van der Waals surface area contributed by atoms with Crippen LogP contribution in [-0.4, -0.2) is 72.1 Å². The van der Waals surface area contributed by atoms with Crippen molar-refractivity contribution >= 4 is 15.9 Å². The van der Waals surface area contributed by atoms with Crippen molar-refractivity contribution in [3.8, 4) is 5.88 Å². The number of piperidine rings is 1. The summed E-state index contributed by atoms with van der Waals surface area (Å²) in [6.45, 7) is 8.51. The van der Waals surface area contributed by atoms with E-state index < -0.39 is 15.4 Å². The van der Waals surface area contributed by atoms with Gasteiger partial charge in [0.25, 0.3) is 0 Å². The number of aromatic nitrogens is 2. The lowest BCUT2D eigenvalue weighted by molar-refractivity contribution is -0.0678. The van der Waals surface area contributed by atoms with E-state index in [4.69, 9.17) is 14.2 Å². The van der Waals surface area contributed by atoms with E-state index in [1.807, 2.05) is 20.8 Å². The Labute approximate surface area is 190 Å². The van der Waals surface area contributed by atoms with Crippen LogP contribution in [0.5, 0.6) is 5.88 Å². The van der Waals surface area contributed by atoms with Gasteiger partial charge in [-0.3, -0.25) is 0 Å². The van der Waals surface area contributed by atoms with Gasteiger partial charge in [-0.25, -0.2) is 23.2 Å². The molecule has 1 saturated carbocycles. The first-order valence-electron chi connectivity index (χ1n) is 11.4. The van der Waals surface area contributed by atoms with Crippen LogP contribution in [0.2, 0.25) is 0 Å². The van der Waals surface area contributed by atoms with Crippen molar-refractivity contribution in [3.05, 3.63) is 12.4 Å². The number of carbonyl (C=O) groups is 1. The molecule has 9 nitrogen and oxygen atoms in total. The van der Waals surface area contributed by atoms with E-state index in [9.17, 15) is 13.2 Å². The third-order valence-corrected chi connectivity index (χ3v) is 7.30. The highest BCUT2D eigenvalue weighted by Gasteiger charge is 2.30. The van der Waals surface area contributed by atoms with Gasteiger partial charge in [-0.15, -0.1) is 0 Å². The minimum absolute atomic E-state index is 0.00801. The summed E-state index contributed by atoms with van der Waals surface area (Å²) in [6.07, 6.45) is 7.87. The molecule has 0 unspecified atom stereocenters. The molecule has 0 bridgehead atoms. The third-order valence-electron chi connectivity index (χ3n) is 5.69. The molecule has 0 N–H and O–H groups in total. The van der Waals surface area contributed by atoms with Crippen LogP contribution < -0.4 is 4.74 Å². The van der Waals surface area contributed by atoms with E-state index in [0.717, 1.165) is 38.5 Å². The van der Waals surface area contributed by atoms with Gasteiger partial charge in [0.15, 0.2) is 14.9 Å². The molecule has 1 aromatic rings. The Morgan fingerprint density at radius 3 is 2.12 bits per heavy atom. The smallest absolute Gasteiger partial charge is 0.410 e. The Balaban J connectivity index is 1.38. The van der Waals surface area contributed by atoms with Gasteiger partial charge in [0.05, 0.1) is 30.4 Å². The van der Waals surface area contributed by atoms with Crippen molar-refractivity contribution in [2.24, 2.45) is 0 Å². The molecule has 1 aromatic heterocycles. The molecule has 0 aromatic carbocycles. The molecule has 2 heterocycles. The number of ether oxygens (including phenoxy) is 3. The van der Waals surface area contributed by atoms with Crippen LogP contribution in [0, 0.1) is 0 Å². The number of carbonyl (C=O) groups excluding carboxylic acids is 1. The number of nitrogens with zero attached hydrogens (tertiary/aromatic N) is 3. The van der Waals surface area contributed by atoms with Gasteiger partial charge in [0.1, 0.15) is 11.7 Å². The first-order valence-corrected chi connectivity index (χ1v) is 13.1. The summed E-state index contributed by atoms with van der Waals surface area (Å²) in [5.74, 6) is 0.338. The topological polar surface area (TPSA) is 108 Å². The molecule has 1 aliphatic heterocycles. The number of hydrogen-bond donors (Lipinski definition) is 0. The van der Waals surface area contributed by atoms with Crippen LogP contribution in [0.15, 0.2) is 17.4 Å². The van der Waals surface area contributed by atoms with Gasteiger partial charge in [-0.05, 0) is 59.3 Å². The zero-order valence-electron chi connectivity index (χ0n) is 19.5. The van der Waals surface area contributed by atoms with Gasteiger partial charge >= 0.3 is 6.09 Å². The Hall–Kier alpha value is -1.94. The van der Waals surface area contributed by atoms with Gasteiger partial charge in [0.2, 0.25) is 5.88 Å². The summed E-state index contributed by atoms with van der Waals surface area (Å²) >= 11 is 0. The summed E-state index contributed by atoms with van der Waals surface area (Å²) in [6, 6.07) is 0. The second kappa shape index (κ2) is 10.3. The second-order valence-electron chi connectivity index (χ2n) is 9.42. The average Bonchev–Trinajstić information content (AvgIpc) is 2.75. The molecular formula is C22H35N3O6S. The predicted octanol–water partition coefficient (Wildman–Crippen LogP) is 3.38. The number of rotatable bonds is 6. The molecule has 2 aliphatic rings. The Bertz CT molecular complexity index is 853. The summed E-state index contributed by atoms with van der Waals surface area (Å²) in [7, 11) is -3.36. The van der Waals surface area contributed by atoms with E-state index in [-0.39, 0.29) is 35.2 Å². The highest BCUT2D eigenvalue weighted by Crippen LogP contribution is 2.28. The highest BCUT2D eigenvalue weighted by molar-refractivity contribution is 7.91. The first-order chi connectivity index (χ1) is 15.1. The lowest BCUT2D eigenvalue weighted by Gasteiger charge is -2.36. The van der Waals surface area contributed by atoms with Gasteiger partial charge < -0.3 is 19.1 Å². The van der Waals surface area contributed by atoms with E-state index in [0.29, 0.717) is 19.0 Å². The highest BCUT2D eigenvalue weighted by atomic mass is 32.2. The van der Waals surface area contributed by atoms with Crippen LogP contribution >= 0.6 is 0 Å². The predicted molar refractivity (Wildman–Crippen MR) is 118 cm³/mol. The molecule has 180 valence electrons. The van der Waals surface area contributed by atoms with Crippen LogP contribution in [0.25, 0.3) is 0 Å². The van der Waals surface area contributed by atoms with Crippen LogP contribution in [0.4, 0.5) is 4.79 Å². The SMILES string of the molecule is CCS(=O)(=O)c1cnc(OC2CCC(OC3CCN(C(=O)OC(C)(C)C)CC3)CC2)cn1. The fourth-order valence-electron chi connectivity index (χ4n) is 3.90. The van der Waals surface area contributed by atoms with Crippen molar-refractivity contribution in [3.63, 3.8) is 0 Å². The molecule has 1 aliphatic carbocycles. The Morgan fingerprint density at radius 1 is 1.00 bits per heavy atom. The quantitative estimate of drug-likeness (QED) is 0.624. The number of likely N-dealkylation sites (tertiary alicyclic amines) is 1. The molecule has 0 radical (unpaired) electrons. The maximum absolute atomic E-state index is 12.2. The minimum Gasteiger partial charge on any atom is -0.473 e. The molecule has 0 spiro atoms. The zero-order valence-corrected chi connectivity index (χ0v) is 20.3. The molecular weight excluding hydrogens is 434 g/mol. The van der Waals surface area contributed by atoms with Crippen LogP contribution in [-0.2, 0) is 19.3 Å². The lowest BCUT2D eigenvalue weighted by atomic mass is 9.94. The molecule has 2 fully saturated rings. The van der Waals surface area contributed by atoms with E-state index in [1.54, 1.807) is 11.8 Å². The molecule has 1 saturated heterocycles. The number of sulfone groups is 1. The number of amides is 1. The van der Waals surface area contributed by atoms with Gasteiger partial charge in [-0.2, -0.15) is 0 Å². The number of hydrogen-bond acceptors (Lipinski definition) is 8. The van der Waals surface area contributed by atoms with Crippen LogP contribution in [0.3, 0.4) is 0 Å². The third kappa shape index (κ3) is 7.03. The Morgan fingerprint density at radius 2 is 1.59 bits per heavy atom. The fourth-order valence-corrected chi connectivity index (χ4v) is 4.63. The zero-order chi connectivity index (χ0) is 23.4. The maximum atomic E-state index is 12.2. The average molecular weight is 470 g/mol. The Kier molecular flexibility index (Phi) is 7.97. The first kappa shape index (κ1) is 24.7.